The lowest BCUT2D eigenvalue weighted by Gasteiger charge is -2.49. The number of hydrogen-bond acceptors (Lipinski definition) is 4. The fourth-order valence-corrected chi connectivity index (χ4v) is 2.58. The highest BCUT2D eigenvalue weighted by molar-refractivity contribution is 5.46. The third-order valence-corrected chi connectivity index (χ3v) is 4.38. The Bertz CT molecular complexity index is 603. The summed E-state index contributed by atoms with van der Waals surface area (Å²) >= 11 is 0. The zero-order valence-corrected chi connectivity index (χ0v) is 12.0. The molecular weight excluding hydrogens is 252 g/mol. The Morgan fingerprint density at radius 1 is 1.35 bits per heavy atom. The van der Waals surface area contributed by atoms with Crippen LogP contribution in [0.3, 0.4) is 0 Å². The van der Waals surface area contributed by atoms with Gasteiger partial charge in [-0.25, -0.2) is 9.97 Å². The predicted molar refractivity (Wildman–Crippen MR) is 77.9 cm³/mol. The van der Waals surface area contributed by atoms with Crippen LogP contribution in [0.5, 0.6) is 0 Å². The minimum Gasteiger partial charge on any atom is -0.392 e. The predicted octanol–water partition coefficient (Wildman–Crippen LogP) is 2.15. The van der Waals surface area contributed by atoms with Crippen LogP contribution in [-0.2, 0) is 0 Å². The SMILES string of the molecule is Cc1nccn1-c1ccc(NC2CC(O)C2(C)C)cn1. The van der Waals surface area contributed by atoms with Gasteiger partial charge in [-0.15, -0.1) is 0 Å². The molecule has 2 unspecified atom stereocenters. The maximum Gasteiger partial charge on any atom is 0.138 e. The average Bonchev–Trinajstić information content (AvgIpc) is 2.85. The lowest BCUT2D eigenvalue weighted by molar-refractivity contribution is -0.0510. The molecule has 0 saturated heterocycles. The van der Waals surface area contributed by atoms with E-state index in [1.165, 1.54) is 0 Å². The average molecular weight is 272 g/mol. The summed E-state index contributed by atoms with van der Waals surface area (Å²) in [4.78, 5) is 8.65. The largest absolute Gasteiger partial charge is 0.392 e. The summed E-state index contributed by atoms with van der Waals surface area (Å²) in [6.07, 6.45) is 6.06. The number of nitrogens with one attached hydrogen (secondary N) is 1. The van der Waals surface area contributed by atoms with Crippen LogP contribution < -0.4 is 5.32 Å². The van der Waals surface area contributed by atoms with Crippen molar-refractivity contribution in [2.75, 3.05) is 5.32 Å². The van der Waals surface area contributed by atoms with E-state index in [9.17, 15) is 5.11 Å². The summed E-state index contributed by atoms with van der Waals surface area (Å²) in [6, 6.07) is 4.28. The van der Waals surface area contributed by atoms with Crippen molar-refractivity contribution >= 4 is 5.69 Å². The first-order valence-electron chi connectivity index (χ1n) is 6.89. The number of aromatic nitrogens is 3. The summed E-state index contributed by atoms with van der Waals surface area (Å²) in [5.41, 5.74) is 0.899. The van der Waals surface area contributed by atoms with E-state index in [2.05, 4.69) is 29.1 Å². The van der Waals surface area contributed by atoms with Crippen LogP contribution in [0.2, 0.25) is 0 Å². The smallest absolute Gasteiger partial charge is 0.138 e. The second-order valence-electron chi connectivity index (χ2n) is 6.02. The molecule has 0 amide bonds. The quantitative estimate of drug-likeness (QED) is 0.898. The number of imidazole rings is 1. The molecule has 0 aromatic carbocycles. The normalized spacial score (nSPS) is 24.2. The van der Waals surface area contributed by atoms with Gasteiger partial charge >= 0.3 is 0 Å². The Hall–Kier alpha value is -1.88. The van der Waals surface area contributed by atoms with Crippen LogP contribution in [0.15, 0.2) is 30.7 Å². The van der Waals surface area contributed by atoms with E-state index >= 15 is 0 Å². The number of anilines is 1. The minimum absolute atomic E-state index is 0.0837. The number of rotatable bonds is 3. The van der Waals surface area contributed by atoms with Crippen LogP contribution in [-0.4, -0.2) is 31.8 Å². The van der Waals surface area contributed by atoms with E-state index in [1.54, 1.807) is 6.20 Å². The van der Waals surface area contributed by atoms with Gasteiger partial charge in [0.05, 0.1) is 18.0 Å². The molecule has 3 rings (SSSR count). The van der Waals surface area contributed by atoms with Gasteiger partial charge in [0.15, 0.2) is 0 Å². The van der Waals surface area contributed by atoms with Gasteiger partial charge < -0.3 is 10.4 Å². The molecule has 0 aliphatic heterocycles. The molecule has 2 N–H and O–H groups in total. The van der Waals surface area contributed by atoms with E-state index in [4.69, 9.17) is 0 Å². The van der Waals surface area contributed by atoms with Crippen molar-refractivity contribution in [3.8, 4) is 5.82 Å². The first-order chi connectivity index (χ1) is 9.48. The molecule has 2 atom stereocenters. The molecule has 1 aliphatic rings. The van der Waals surface area contributed by atoms with Crippen molar-refractivity contribution in [2.24, 2.45) is 5.41 Å². The van der Waals surface area contributed by atoms with E-state index in [0.29, 0.717) is 6.04 Å². The van der Waals surface area contributed by atoms with Gasteiger partial charge in [-0.1, -0.05) is 13.8 Å². The summed E-state index contributed by atoms with van der Waals surface area (Å²) in [6.45, 7) is 6.11. The third kappa shape index (κ3) is 2.08. The van der Waals surface area contributed by atoms with Gasteiger partial charge in [0.1, 0.15) is 11.6 Å². The molecule has 1 saturated carbocycles. The summed E-state index contributed by atoms with van der Waals surface area (Å²) in [5, 5.41) is 13.2. The molecule has 2 aromatic rings. The topological polar surface area (TPSA) is 63.0 Å². The van der Waals surface area contributed by atoms with Gasteiger partial charge in [0.2, 0.25) is 0 Å². The lowest BCUT2D eigenvalue weighted by atomic mass is 9.64. The Morgan fingerprint density at radius 3 is 2.65 bits per heavy atom. The highest BCUT2D eigenvalue weighted by Gasteiger charge is 2.47. The Morgan fingerprint density at radius 2 is 2.15 bits per heavy atom. The van der Waals surface area contributed by atoms with E-state index in [0.717, 1.165) is 23.8 Å². The lowest BCUT2D eigenvalue weighted by Crippen LogP contribution is -2.56. The Labute approximate surface area is 118 Å². The molecule has 1 aliphatic carbocycles. The molecule has 5 heteroatoms. The van der Waals surface area contributed by atoms with Crippen molar-refractivity contribution in [1.82, 2.24) is 14.5 Å². The monoisotopic (exact) mass is 272 g/mol. The molecule has 2 heterocycles. The molecule has 2 aromatic heterocycles. The molecule has 0 bridgehead atoms. The summed E-state index contributed by atoms with van der Waals surface area (Å²) in [5.74, 6) is 1.78. The van der Waals surface area contributed by atoms with Crippen molar-refractivity contribution in [2.45, 2.75) is 39.3 Å². The number of aryl methyl sites for hydroxylation is 1. The molecule has 20 heavy (non-hydrogen) atoms. The number of hydrogen-bond donors (Lipinski definition) is 2. The molecule has 0 radical (unpaired) electrons. The standard InChI is InChI=1S/C15H20N4O/c1-10-16-6-7-19(10)14-5-4-11(9-17-14)18-12-8-13(20)15(12,2)3/h4-7,9,12-13,18,20H,8H2,1-3H3. The third-order valence-electron chi connectivity index (χ3n) is 4.38. The number of aliphatic hydroxyl groups excluding tert-OH is 1. The fourth-order valence-electron chi connectivity index (χ4n) is 2.58. The van der Waals surface area contributed by atoms with Crippen LogP contribution >= 0.6 is 0 Å². The fraction of sp³-hybridized carbons (Fsp3) is 0.467. The molecule has 5 nitrogen and oxygen atoms in total. The summed E-state index contributed by atoms with van der Waals surface area (Å²) in [7, 11) is 0. The highest BCUT2D eigenvalue weighted by atomic mass is 16.3. The van der Waals surface area contributed by atoms with Crippen LogP contribution in [0, 0.1) is 12.3 Å². The number of aliphatic hydroxyl groups is 1. The van der Waals surface area contributed by atoms with Gasteiger partial charge in [0, 0.05) is 23.9 Å². The van der Waals surface area contributed by atoms with Crippen LogP contribution in [0.25, 0.3) is 5.82 Å². The van der Waals surface area contributed by atoms with Crippen molar-refractivity contribution in [1.29, 1.82) is 0 Å². The number of pyridine rings is 1. The van der Waals surface area contributed by atoms with Gasteiger partial charge in [-0.3, -0.25) is 4.57 Å². The molecular formula is C15H20N4O. The Balaban J connectivity index is 1.73. The summed E-state index contributed by atoms with van der Waals surface area (Å²) < 4.78 is 1.95. The maximum absolute atomic E-state index is 9.76. The van der Waals surface area contributed by atoms with Crippen LogP contribution in [0.4, 0.5) is 5.69 Å². The van der Waals surface area contributed by atoms with E-state index in [-0.39, 0.29) is 11.5 Å². The van der Waals surface area contributed by atoms with Gasteiger partial charge in [0.25, 0.3) is 0 Å². The van der Waals surface area contributed by atoms with Gasteiger partial charge in [-0.05, 0) is 25.5 Å². The first kappa shape index (κ1) is 13.1. The maximum atomic E-state index is 9.76. The zero-order valence-electron chi connectivity index (χ0n) is 12.0. The van der Waals surface area contributed by atoms with Crippen molar-refractivity contribution in [3.63, 3.8) is 0 Å². The first-order valence-corrected chi connectivity index (χ1v) is 6.89. The van der Waals surface area contributed by atoms with Crippen LogP contribution in [0.1, 0.15) is 26.1 Å². The highest BCUT2D eigenvalue weighted by Crippen LogP contribution is 2.42. The van der Waals surface area contributed by atoms with Gasteiger partial charge in [-0.2, -0.15) is 0 Å². The second kappa shape index (κ2) is 4.59. The van der Waals surface area contributed by atoms with Crippen molar-refractivity contribution in [3.05, 3.63) is 36.5 Å². The minimum atomic E-state index is -0.221. The zero-order chi connectivity index (χ0) is 14.3. The van der Waals surface area contributed by atoms with E-state index in [1.807, 2.05) is 36.0 Å². The van der Waals surface area contributed by atoms with E-state index < -0.39 is 0 Å². The molecule has 1 fully saturated rings. The Kier molecular flexibility index (Phi) is 3.01. The van der Waals surface area contributed by atoms with Crippen molar-refractivity contribution < 1.29 is 5.11 Å². The molecule has 0 spiro atoms. The number of nitrogens with zero attached hydrogens (tertiary/aromatic N) is 3. The molecule has 106 valence electrons. The second-order valence-corrected chi connectivity index (χ2v) is 6.02.